The molecule has 0 heterocycles. The van der Waals surface area contributed by atoms with Gasteiger partial charge in [-0.15, -0.1) is 0 Å². The molecule has 0 amide bonds. The number of aliphatic imine (C=N–C) groups is 1. The van der Waals surface area contributed by atoms with Crippen LogP contribution in [0.2, 0.25) is 0 Å². The van der Waals surface area contributed by atoms with Crippen LogP contribution in [0.15, 0.2) is 53.5 Å². The molecule has 2 N–H and O–H groups in total. The van der Waals surface area contributed by atoms with Gasteiger partial charge in [0, 0.05) is 29.6 Å². The molecule has 0 radical (unpaired) electrons. The van der Waals surface area contributed by atoms with Crippen LogP contribution >= 0.6 is 21.7 Å². The van der Waals surface area contributed by atoms with Gasteiger partial charge in [-0.25, -0.2) is 0 Å². The summed E-state index contributed by atoms with van der Waals surface area (Å²) < 4.78 is 3.86. The van der Waals surface area contributed by atoms with Crippen LogP contribution in [0, 0.1) is 0 Å². The number of methoxy groups -OCH3 is 1. The fraction of sp³-hybridized carbons (Fsp3) is 0.273. The maximum Gasteiger partial charge on any atom is 0.292 e. The van der Waals surface area contributed by atoms with E-state index in [1.807, 2.05) is 31.3 Å². The zero-order valence-electron chi connectivity index (χ0n) is 16.3. The molecule has 2 aromatic carbocycles. The Morgan fingerprint density at radius 2 is 1.96 bits per heavy atom. The normalized spacial score (nSPS) is 12.7. The summed E-state index contributed by atoms with van der Waals surface area (Å²) in [7, 11) is 8.50. The Kier molecular flexibility index (Phi) is 12.0. The Hall–Kier alpha value is -2.08. The number of nitrogens with two attached hydrogens (primary N) is 1. The third kappa shape index (κ3) is 8.30. The Bertz CT molecular complexity index is 867. The van der Waals surface area contributed by atoms with Gasteiger partial charge in [0.2, 0.25) is 0 Å². The molecule has 150 valence electrons. The van der Waals surface area contributed by atoms with E-state index in [0.29, 0.717) is 13.0 Å². The van der Waals surface area contributed by atoms with Crippen LogP contribution in [0.5, 0.6) is 0 Å². The number of benzene rings is 2. The summed E-state index contributed by atoms with van der Waals surface area (Å²) >= 11 is 0. The molecule has 0 aliphatic rings. The van der Waals surface area contributed by atoms with Crippen LogP contribution < -0.4 is 16.2 Å². The molecule has 0 aromatic heterocycles. The Morgan fingerprint density at radius 3 is 2.54 bits per heavy atom. The van der Waals surface area contributed by atoms with E-state index in [1.54, 1.807) is 0 Å². The van der Waals surface area contributed by atoms with E-state index in [1.165, 1.54) is 29.2 Å². The van der Waals surface area contributed by atoms with Gasteiger partial charge in [-0.05, 0) is 40.4 Å². The van der Waals surface area contributed by atoms with Crippen LogP contribution in [0.3, 0.4) is 0 Å². The van der Waals surface area contributed by atoms with Gasteiger partial charge in [-0.3, -0.25) is 9.79 Å². The summed E-state index contributed by atoms with van der Waals surface area (Å²) in [5.74, 6) is 0. The summed E-state index contributed by atoms with van der Waals surface area (Å²) in [6.07, 6.45) is 3.48. The zero-order chi connectivity index (χ0) is 20.8. The van der Waals surface area contributed by atoms with E-state index in [2.05, 4.69) is 46.6 Å². The second kappa shape index (κ2) is 14.0. The number of ether oxygens (including phenoxy) is 1. The van der Waals surface area contributed by atoms with Crippen LogP contribution in [0.4, 0.5) is 0 Å². The van der Waals surface area contributed by atoms with E-state index in [0.717, 1.165) is 29.0 Å². The first kappa shape index (κ1) is 24.0. The molecule has 0 aliphatic carbocycles. The van der Waals surface area contributed by atoms with E-state index in [9.17, 15) is 0 Å². The third-order valence-corrected chi connectivity index (χ3v) is 5.29. The summed E-state index contributed by atoms with van der Waals surface area (Å²) in [6.45, 7) is 7.00. The topological polar surface area (TPSA) is 64.7 Å². The van der Waals surface area contributed by atoms with Gasteiger partial charge < -0.3 is 10.5 Å². The highest BCUT2D eigenvalue weighted by atomic mass is 35.7. The minimum absolute atomic E-state index is 0.236. The van der Waals surface area contributed by atoms with Crippen LogP contribution in [-0.4, -0.2) is 31.6 Å². The Balaban J connectivity index is 0.000000892. The van der Waals surface area contributed by atoms with E-state index < -0.39 is 0 Å². The molecular formula is C22H27ClN2O2S. The molecule has 4 nitrogen and oxygen atoms in total. The summed E-state index contributed by atoms with van der Waals surface area (Å²) in [4.78, 5) is 13.5. The van der Waals surface area contributed by atoms with Crippen molar-refractivity contribution in [1.82, 2.24) is 0 Å². The lowest BCUT2D eigenvalue weighted by Gasteiger charge is -2.11. The van der Waals surface area contributed by atoms with Crippen LogP contribution in [0.25, 0.3) is 12.3 Å². The molecule has 0 bridgehead atoms. The molecule has 2 rings (SSSR count). The molecule has 1 unspecified atom stereocenters. The molecule has 0 aliphatic heterocycles. The van der Waals surface area contributed by atoms with Crippen molar-refractivity contribution < 1.29 is 9.53 Å². The fourth-order valence-electron chi connectivity index (χ4n) is 2.64. The van der Waals surface area contributed by atoms with Gasteiger partial charge in [0.15, 0.2) is 0 Å². The van der Waals surface area contributed by atoms with Crippen molar-refractivity contribution in [3.05, 3.63) is 70.1 Å². The minimum Gasteiger partial charge on any atom is -0.471 e. The molecule has 6 heteroatoms. The number of hydrogen-bond acceptors (Lipinski definition) is 5. The lowest BCUT2D eigenvalue weighted by molar-refractivity contribution is -0.126. The van der Waals surface area contributed by atoms with E-state index >= 15 is 0 Å². The molecule has 2 aromatic rings. The van der Waals surface area contributed by atoms with Crippen LogP contribution in [0.1, 0.15) is 18.1 Å². The first-order chi connectivity index (χ1) is 13.6. The lowest BCUT2D eigenvalue weighted by Crippen LogP contribution is -2.25. The van der Waals surface area contributed by atoms with E-state index in [-0.39, 0.29) is 5.25 Å². The largest absolute Gasteiger partial charge is 0.471 e. The van der Waals surface area contributed by atoms with Crippen molar-refractivity contribution in [3.8, 4) is 0 Å². The molecule has 28 heavy (non-hydrogen) atoms. The average Bonchev–Trinajstić information content (AvgIpc) is 2.72. The fourth-order valence-corrected chi connectivity index (χ4v) is 3.38. The quantitative estimate of drug-likeness (QED) is 0.528. The van der Waals surface area contributed by atoms with Gasteiger partial charge in [-0.1, -0.05) is 66.1 Å². The van der Waals surface area contributed by atoms with Gasteiger partial charge in [0.05, 0.1) is 12.8 Å². The first-order valence-corrected chi connectivity index (χ1v) is 10.6. The number of nitrogens with zero attached hydrogens (tertiary/aromatic N) is 1. The van der Waals surface area contributed by atoms with Crippen molar-refractivity contribution in [2.75, 3.05) is 13.7 Å². The van der Waals surface area contributed by atoms with Crippen LogP contribution in [-0.2, 0) is 22.4 Å². The van der Waals surface area contributed by atoms with Crippen molar-refractivity contribution >= 4 is 46.6 Å². The minimum atomic E-state index is 0.236. The molecule has 1 atom stereocenters. The Morgan fingerprint density at radius 1 is 1.29 bits per heavy atom. The van der Waals surface area contributed by atoms with E-state index in [4.69, 9.17) is 21.2 Å². The van der Waals surface area contributed by atoms with Crippen molar-refractivity contribution in [3.63, 3.8) is 0 Å². The van der Waals surface area contributed by atoms with Gasteiger partial charge in [-0.2, -0.15) is 0 Å². The maximum absolute atomic E-state index is 8.95. The standard InChI is InChI=1S/C20H23ClN2S.C2H4O2/c1-3-23-20(19-10-5-4-7-15(19)2)13-17-9-6-8-16(11-17)12-18(14-22)24-21;1-4-2-3/h3-11,18H,2,12-14,22H2,1H3;2H,1H3/b20-19-,23-3?;. The summed E-state index contributed by atoms with van der Waals surface area (Å²) in [5, 5.41) is 2.33. The summed E-state index contributed by atoms with van der Waals surface area (Å²) in [6, 6.07) is 16.7. The lowest BCUT2D eigenvalue weighted by atomic mass is 10.0. The number of hydrogen-bond donors (Lipinski definition) is 1. The van der Waals surface area contributed by atoms with Crippen molar-refractivity contribution in [2.24, 2.45) is 10.7 Å². The average molecular weight is 419 g/mol. The maximum atomic E-state index is 8.95. The van der Waals surface area contributed by atoms with Crippen molar-refractivity contribution in [1.29, 1.82) is 0 Å². The molecule has 0 saturated carbocycles. The predicted molar refractivity (Wildman–Crippen MR) is 122 cm³/mol. The smallest absolute Gasteiger partial charge is 0.292 e. The molecule has 0 fully saturated rings. The highest BCUT2D eigenvalue weighted by Crippen LogP contribution is 2.20. The molecule has 0 saturated heterocycles. The first-order valence-electron chi connectivity index (χ1n) is 8.87. The second-order valence-corrected chi connectivity index (χ2v) is 7.35. The van der Waals surface area contributed by atoms with Crippen molar-refractivity contribution in [2.45, 2.75) is 25.0 Å². The number of carbonyl (C=O) groups is 1. The number of rotatable bonds is 8. The van der Waals surface area contributed by atoms with Gasteiger partial charge in [0.1, 0.15) is 0 Å². The second-order valence-electron chi connectivity index (χ2n) is 5.97. The summed E-state index contributed by atoms with van der Waals surface area (Å²) in [5.41, 5.74) is 9.25. The number of carbonyl (C=O) groups excluding carboxylic acids is 1. The third-order valence-electron chi connectivity index (χ3n) is 3.92. The molecule has 0 spiro atoms. The number of halogens is 1. The van der Waals surface area contributed by atoms with Gasteiger partial charge in [0.25, 0.3) is 6.47 Å². The van der Waals surface area contributed by atoms with Gasteiger partial charge >= 0.3 is 0 Å². The monoisotopic (exact) mass is 418 g/mol. The highest BCUT2D eigenvalue weighted by molar-refractivity contribution is 8.21. The predicted octanol–water partition coefficient (Wildman–Crippen LogP) is 3.08. The molecular weight excluding hydrogens is 392 g/mol. The SMILES string of the molecule is C=c1cccc/c1=C(\Cc1cccc(CC(CN)SCl)c1)N=CC.COC=O. The Labute approximate surface area is 175 Å². The zero-order valence-corrected chi connectivity index (χ0v) is 17.9. The highest BCUT2D eigenvalue weighted by Gasteiger charge is 2.08.